The molecule has 0 radical (unpaired) electrons. The third-order valence-electron chi connectivity index (χ3n) is 4.00. The van der Waals surface area contributed by atoms with Crippen LogP contribution < -0.4 is 0 Å². The summed E-state index contributed by atoms with van der Waals surface area (Å²) < 4.78 is 10.3. The molecule has 1 aromatic heterocycles. The normalized spacial score (nSPS) is 14.4. The topological polar surface area (TPSA) is 35.5 Å². The summed E-state index contributed by atoms with van der Waals surface area (Å²) in [6.07, 6.45) is 11.7. The summed E-state index contributed by atoms with van der Waals surface area (Å²) in [7, 11) is 1.74. The predicted octanol–water partition coefficient (Wildman–Crippen LogP) is 6.10. The first-order chi connectivity index (χ1) is 12.3. The second-order valence-electron chi connectivity index (χ2n) is 6.18. The molecule has 0 aromatic carbocycles. The van der Waals surface area contributed by atoms with Crippen LogP contribution in [-0.4, -0.2) is 19.7 Å². The van der Waals surface area contributed by atoms with Crippen molar-refractivity contribution in [2.24, 2.45) is 0 Å². The lowest BCUT2D eigenvalue weighted by molar-refractivity contribution is -0.137. The molecule has 0 spiro atoms. The molecule has 0 saturated heterocycles. The van der Waals surface area contributed by atoms with E-state index in [1.54, 1.807) is 25.4 Å². The first-order valence-corrected chi connectivity index (χ1v) is 9.62. The number of thiophene rings is 1. The maximum Gasteiger partial charge on any atom is 0.330 e. The largest absolute Gasteiger partial charge is 0.463 e. The lowest BCUT2D eigenvalue weighted by Gasteiger charge is -2.08. The number of allylic oxidation sites excluding steroid dienone is 6. The Labute approximate surface area is 161 Å². The zero-order valence-corrected chi connectivity index (χ0v) is 17.7. The van der Waals surface area contributed by atoms with Crippen molar-refractivity contribution >= 4 is 23.4 Å². The van der Waals surface area contributed by atoms with Gasteiger partial charge in [-0.05, 0) is 58.2 Å². The highest BCUT2D eigenvalue weighted by Crippen LogP contribution is 2.34. The smallest absolute Gasteiger partial charge is 0.330 e. The van der Waals surface area contributed by atoms with Gasteiger partial charge in [0, 0.05) is 22.9 Å². The molecule has 1 rings (SSSR count). The number of hydrogen-bond donors (Lipinski definition) is 0. The second-order valence-corrected chi connectivity index (χ2v) is 7.44. The molecule has 142 valence electrons. The van der Waals surface area contributed by atoms with Gasteiger partial charge in [0.15, 0.2) is 0 Å². The average molecular weight is 375 g/mol. The molecule has 1 heterocycles. The fourth-order valence-electron chi connectivity index (χ4n) is 2.47. The molecule has 0 fully saturated rings. The van der Waals surface area contributed by atoms with Crippen molar-refractivity contribution in [1.82, 2.24) is 0 Å². The van der Waals surface area contributed by atoms with Crippen LogP contribution in [0.5, 0.6) is 0 Å². The van der Waals surface area contributed by atoms with Crippen LogP contribution in [0, 0.1) is 13.8 Å². The van der Waals surface area contributed by atoms with Gasteiger partial charge in [-0.15, -0.1) is 11.3 Å². The van der Waals surface area contributed by atoms with E-state index in [1.807, 2.05) is 25.2 Å². The maximum absolute atomic E-state index is 11.4. The van der Waals surface area contributed by atoms with Crippen molar-refractivity contribution < 1.29 is 14.3 Å². The Kier molecular flexibility index (Phi) is 9.31. The summed E-state index contributed by atoms with van der Waals surface area (Å²) in [4.78, 5) is 14.0. The standard InChI is InChI=1S/C22H30O3S/c1-8-25-21(23)14-16(3)11-9-10-15(2)12-13-20-17(4)22(18(5)24-7)26-19(20)6/h9-14,18H,8H2,1-7H3. The number of carbonyl (C=O) groups excluding carboxylic acids is 1. The van der Waals surface area contributed by atoms with Crippen LogP contribution in [0.4, 0.5) is 0 Å². The van der Waals surface area contributed by atoms with E-state index in [4.69, 9.17) is 9.47 Å². The first kappa shape index (κ1) is 22.1. The average Bonchev–Trinajstić information content (AvgIpc) is 2.86. The van der Waals surface area contributed by atoms with Crippen molar-refractivity contribution in [1.29, 1.82) is 0 Å². The fourth-order valence-corrected chi connectivity index (χ4v) is 3.66. The van der Waals surface area contributed by atoms with Crippen molar-refractivity contribution in [2.75, 3.05) is 13.7 Å². The Morgan fingerprint density at radius 3 is 2.50 bits per heavy atom. The Hall–Kier alpha value is -1.91. The van der Waals surface area contributed by atoms with Crippen molar-refractivity contribution in [3.63, 3.8) is 0 Å². The number of carbonyl (C=O) groups is 1. The summed E-state index contributed by atoms with van der Waals surface area (Å²) >= 11 is 1.80. The van der Waals surface area contributed by atoms with Gasteiger partial charge >= 0.3 is 5.97 Å². The Balaban J connectivity index is 2.83. The van der Waals surface area contributed by atoms with Crippen LogP contribution in [-0.2, 0) is 14.3 Å². The van der Waals surface area contributed by atoms with E-state index in [-0.39, 0.29) is 12.1 Å². The van der Waals surface area contributed by atoms with Crippen LogP contribution in [0.2, 0.25) is 0 Å². The minimum Gasteiger partial charge on any atom is -0.463 e. The van der Waals surface area contributed by atoms with Gasteiger partial charge in [0.1, 0.15) is 0 Å². The molecule has 0 saturated carbocycles. The van der Waals surface area contributed by atoms with Crippen LogP contribution in [0.1, 0.15) is 54.7 Å². The monoisotopic (exact) mass is 374 g/mol. The van der Waals surface area contributed by atoms with Crippen LogP contribution >= 0.6 is 11.3 Å². The van der Waals surface area contributed by atoms with Gasteiger partial charge in [-0.1, -0.05) is 36.0 Å². The Morgan fingerprint density at radius 2 is 1.88 bits per heavy atom. The highest BCUT2D eigenvalue weighted by atomic mass is 32.1. The number of ether oxygens (including phenoxy) is 2. The molecule has 0 N–H and O–H groups in total. The molecule has 0 amide bonds. The van der Waals surface area contributed by atoms with E-state index in [0.29, 0.717) is 6.61 Å². The molecule has 0 bridgehead atoms. The Bertz CT molecular complexity index is 733. The summed E-state index contributed by atoms with van der Waals surface area (Å²) in [6.45, 7) is 12.5. The van der Waals surface area contributed by atoms with Crippen LogP contribution in [0.3, 0.4) is 0 Å². The highest BCUT2D eigenvalue weighted by Gasteiger charge is 2.14. The van der Waals surface area contributed by atoms with E-state index in [1.165, 1.54) is 27.0 Å². The van der Waals surface area contributed by atoms with Gasteiger partial charge in [0.05, 0.1) is 12.7 Å². The third-order valence-corrected chi connectivity index (χ3v) is 5.39. The lowest BCUT2D eigenvalue weighted by Crippen LogP contribution is -1.99. The Morgan fingerprint density at radius 1 is 1.19 bits per heavy atom. The van der Waals surface area contributed by atoms with Gasteiger partial charge in [-0.3, -0.25) is 0 Å². The number of methoxy groups -OCH3 is 1. The second kappa shape index (κ2) is 10.9. The number of hydrogen-bond acceptors (Lipinski definition) is 4. The van der Waals surface area contributed by atoms with E-state index in [0.717, 1.165) is 11.1 Å². The van der Waals surface area contributed by atoms with E-state index in [2.05, 4.69) is 39.8 Å². The molecular formula is C22H30O3S. The molecule has 3 nitrogen and oxygen atoms in total. The molecule has 4 heteroatoms. The zero-order valence-electron chi connectivity index (χ0n) is 16.9. The summed E-state index contributed by atoms with van der Waals surface area (Å²) in [6, 6.07) is 0. The minimum absolute atomic E-state index is 0.120. The number of esters is 1. The van der Waals surface area contributed by atoms with Gasteiger partial charge < -0.3 is 9.47 Å². The van der Waals surface area contributed by atoms with Gasteiger partial charge in [-0.25, -0.2) is 4.79 Å². The molecule has 0 aliphatic rings. The molecule has 1 atom stereocenters. The molecule has 1 aromatic rings. The van der Waals surface area contributed by atoms with E-state index < -0.39 is 0 Å². The molecule has 0 aliphatic carbocycles. The molecule has 26 heavy (non-hydrogen) atoms. The van der Waals surface area contributed by atoms with Crippen LogP contribution in [0.25, 0.3) is 6.08 Å². The lowest BCUT2D eigenvalue weighted by atomic mass is 10.1. The summed E-state index contributed by atoms with van der Waals surface area (Å²) in [5, 5.41) is 0. The molecule has 0 aliphatic heterocycles. The van der Waals surface area contributed by atoms with Gasteiger partial charge in [-0.2, -0.15) is 0 Å². The fraction of sp³-hybridized carbons (Fsp3) is 0.409. The van der Waals surface area contributed by atoms with E-state index >= 15 is 0 Å². The highest BCUT2D eigenvalue weighted by molar-refractivity contribution is 7.12. The predicted molar refractivity (Wildman–Crippen MR) is 112 cm³/mol. The quantitative estimate of drug-likeness (QED) is 0.313. The number of aryl methyl sites for hydroxylation is 1. The van der Waals surface area contributed by atoms with E-state index in [9.17, 15) is 4.79 Å². The summed E-state index contributed by atoms with van der Waals surface area (Å²) in [5.41, 5.74) is 4.55. The zero-order chi connectivity index (χ0) is 19.7. The minimum atomic E-state index is -0.306. The van der Waals surface area contributed by atoms with Crippen molar-refractivity contribution in [2.45, 2.75) is 47.6 Å². The van der Waals surface area contributed by atoms with Gasteiger partial charge in [0.2, 0.25) is 0 Å². The first-order valence-electron chi connectivity index (χ1n) is 8.80. The molecular weight excluding hydrogens is 344 g/mol. The maximum atomic E-state index is 11.4. The third kappa shape index (κ3) is 6.77. The molecule has 1 unspecified atom stereocenters. The number of rotatable bonds is 8. The SMILES string of the molecule is CCOC(=O)C=C(C)C=CC=C(C)C=Cc1c(C)sc(C(C)OC)c1C. The summed E-state index contributed by atoms with van der Waals surface area (Å²) in [5.74, 6) is -0.306. The van der Waals surface area contributed by atoms with Crippen molar-refractivity contribution in [3.8, 4) is 0 Å². The van der Waals surface area contributed by atoms with Crippen LogP contribution in [0.15, 0.2) is 41.5 Å². The van der Waals surface area contributed by atoms with Gasteiger partial charge in [0.25, 0.3) is 0 Å². The van der Waals surface area contributed by atoms with Crippen molar-refractivity contribution in [3.05, 3.63) is 62.4 Å².